The lowest BCUT2D eigenvalue weighted by atomic mass is 10.2. The highest BCUT2D eigenvalue weighted by Crippen LogP contribution is 2.27. The van der Waals surface area contributed by atoms with E-state index in [9.17, 15) is 18.0 Å². The van der Waals surface area contributed by atoms with E-state index < -0.39 is 18.7 Å². The minimum absolute atomic E-state index is 0.118. The third-order valence-electron chi connectivity index (χ3n) is 4.29. The second-order valence-electron chi connectivity index (χ2n) is 6.11. The normalized spacial score (nSPS) is 19.1. The Balaban J connectivity index is 2.02. The smallest absolute Gasteiger partial charge is 0.401 e. The van der Waals surface area contributed by atoms with E-state index in [0.717, 1.165) is 0 Å². The van der Waals surface area contributed by atoms with Gasteiger partial charge in [-0.3, -0.25) is 9.80 Å². The van der Waals surface area contributed by atoms with Gasteiger partial charge >= 0.3 is 12.1 Å². The van der Waals surface area contributed by atoms with Gasteiger partial charge < -0.3 is 9.15 Å². The van der Waals surface area contributed by atoms with Gasteiger partial charge in [-0.25, -0.2) is 4.79 Å². The molecule has 136 valence electrons. The quantitative estimate of drug-likeness (QED) is 0.783. The molecule has 5 nitrogen and oxygen atoms in total. The Morgan fingerprint density at radius 1 is 1.33 bits per heavy atom. The minimum Gasteiger partial charge on any atom is -0.463 e. The highest BCUT2D eigenvalue weighted by molar-refractivity contribution is 5.87. The average molecular weight is 348 g/mol. The summed E-state index contributed by atoms with van der Waals surface area (Å²) in [5.41, 5.74) is 0.692. The van der Waals surface area contributed by atoms with Crippen molar-refractivity contribution in [2.75, 3.05) is 39.8 Å². The number of methoxy groups -OCH3 is 1. The molecule has 0 saturated carbocycles. The second-order valence-corrected chi connectivity index (χ2v) is 6.11. The van der Waals surface area contributed by atoms with Gasteiger partial charge in [0.1, 0.15) is 5.76 Å². The maximum atomic E-state index is 12.5. The molecule has 1 aliphatic heterocycles. The zero-order valence-electron chi connectivity index (χ0n) is 14.2. The molecule has 0 unspecified atom stereocenters. The maximum Gasteiger partial charge on any atom is 0.401 e. The van der Waals surface area contributed by atoms with Gasteiger partial charge in [-0.1, -0.05) is 0 Å². The van der Waals surface area contributed by atoms with Crippen LogP contribution in [-0.4, -0.2) is 61.8 Å². The summed E-state index contributed by atoms with van der Waals surface area (Å²) >= 11 is 0. The molecule has 1 aromatic heterocycles. The molecule has 0 radical (unpaired) electrons. The number of hydrogen-bond donors (Lipinski definition) is 0. The van der Waals surface area contributed by atoms with Crippen LogP contribution in [0.2, 0.25) is 0 Å². The largest absolute Gasteiger partial charge is 0.463 e. The van der Waals surface area contributed by atoms with Crippen LogP contribution in [0, 0.1) is 6.92 Å². The van der Waals surface area contributed by atoms with Gasteiger partial charge in [0.2, 0.25) is 5.76 Å². The first kappa shape index (κ1) is 18.8. The van der Waals surface area contributed by atoms with Crippen LogP contribution in [0.25, 0.3) is 0 Å². The Morgan fingerprint density at radius 3 is 2.67 bits per heavy atom. The van der Waals surface area contributed by atoms with Crippen molar-refractivity contribution in [2.45, 2.75) is 32.5 Å². The lowest BCUT2D eigenvalue weighted by Gasteiger charge is -2.26. The first-order chi connectivity index (χ1) is 11.2. The van der Waals surface area contributed by atoms with Crippen LogP contribution >= 0.6 is 0 Å². The topological polar surface area (TPSA) is 45.9 Å². The van der Waals surface area contributed by atoms with Crippen molar-refractivity contribution < 1.29 is 27.1 Å². The summed E-state index contributed by atoms with van der Waals surface area (Å²) in [7, 11) is 1.29. The monoisotopic (exact) mass is 348 g/mol. The van der Waals surface area contributed by atoms with Crippen LogP contribution in [0.1, 0.15) is 41.3 Å². The molecule has 2 rings (SSSR count). The van der Waals surface area contributed by atoms with Crippen molar-refractivity contribution in [3.8, 4) is 0 Å². The third kappa shape index (κ3) is 4.73. The molecule has 0 spiro atoms. The van der Waals surface area contributed by atoms with Crippen molar-refractivity contribution >= 4 is 5.97 Å². The summed E-state index contributed by atoms with van der Waals surface area (Å²) in [6, 6.07) is 1.67. The Bertz CT molecular complexity index is 571. The number of carbonyl (C=O) groups is 1. The van der Waals surface area contributed by atoms with Crippen LogP contribution in [0.3, 0.4) is 0 Å². The lowest BCUT2D eigenvalue weighted by Crippen LogP contribution is -2.37. The summed E-state index contributed by atoms with van der Waals surface area (Å²) in [4.78, 5) is 15.1. The van der Waals surface area contributed by atoms with Gasteiger partial charge in [-0.05, 0) is 32.9 Å². The molecule has 1 fully saturated rings. The highest BCUT2D eigenvalue weighted by Gasteiger charge is 2.32. The SMILES string of the molecule is COC(=O)c1oc([C@H](C)N2CCCN(CC(F)(F)F)CC2)cc1C. The predicted molar refractivity (Wildman–Crippen MR) is 81.9 cm³/mol. The first-order valence-electron chi connectivity index (χ1n) is 7.93. The van der Waals surface area contributed by atoms with Crippen molar-refractivity contribution in [3.05, 3.63) is 23.2 Å². The van der Waals surface area contributed by atoms with E-state index in [-0.39, 0.29) is 11.8 Å². The molecule has 0 amide bonds. The number of ether oxygens (including phenoxy) is 1. The molecule has 0 aromatic carbocycles. The third-order valence-corrected chi connectivity index (χ3v) is 4.29. The molecular formula is C16H23F3N2O3. The molecule has 0 aliphatic carbocycles. The number of furan rings is 1. The van der Waals surface area contributed by atoms with Gasteiger partial charge in [-0.15, -0.1) is 0 Å². The van der Waals surface area contributed by atoms with E-state index in [4.69, 9.17) is 4.42 Å². The van der Waals surface area contributed by atoms with Gasteiger partial charge in [-0.2, -0.15) is 13.2 Å². The number of carbonyl (C=O) groups excluding carboxylic acids is 1. The van der Waals surface area contributed by atoms with E-state index in [2.05, 4.69) is 9.64 Å². The van der Waals surface area contributed by atoms with Gasteiger partial charge in [0.15, 0.2) is 0 Å². The number of esters is 1. The summed E-state index contributed by atoms with van der Waals surface area (Å²) < 4.78 is 47.9. The number of aryl methyl sites for hydroxylation is 1. The van der Waals surface area contributed by atoms with E-state index in [1.165, 1.54) is 12.0 Å². The van der Waals surface area contributed by atoms with Crippen LogP contribution < -0.4 is 0 Å². The van der Waals surface area contributed by atoms with Crippen LogP contribution in [0.15, 0.2) is 10.5 Å². The molecule has 0 bridgehead atoms. The molecular weight excluding hydrogens is 325 g/mol. The summed E-state index contributed by atoms with van der Waals surface area (Å²) in [6.07, 6.45) is -3.52. The Morgan fingerprint density at radius 2 is 2.04 bits per heavy atom. The van der Waals surface area contributed by atoms with Crippen LogP contribution in [-0.2, 0) is 4.74 Å². The Hall–Kier alpha value is -1.54. The van der Waals surface area contributed by atoms with Crippen LogP contribution in [0.5, 0.6) is 0 Å². The second kappa shape index (κ2) is 7.57. The fourth-order valence-electron chi connectivity index (χ4n) is 2.98. The number of halogens is 3. The summed E-state index contributed by atoms with van der Waals surface area (Å²) in [6.45, 7) is 4.80. The van der Waals surface area contributed by atoms with E-state index in [0.29, 0.717) is 43.9 Å². The molecule has 1 aromatic rings. The van der Waals surface area contributed by atoms with Crippen molar-refractivity contribution in [1.29, 1.82) is 0 Å². The molecule has 2 heterocycles. The number of alkyl halides is 3. The van der Waals surface area contributed by atoms with Gasteiger partial charge in [0, 0.05) is 25.2 Å². The fourth-order valence-corrected chi connectivity index (χ4v) is 2.98. The maximum absolute atomic E-state index is 12.5. The van der Waals surface area contributed by atoms with Crippen molar-refractivity contribution in [3.63, 3.8) is 0 Å². The van der Waals surface area contributed by atoms with Crippen molar-refractivity contribution in [2.24, 2.45) is 0 Å². The number of hydrogen-bond acceptors (Lipinski definition) is 5. The van der Waals surface area contributed by atoms with Crippen LogP contribution in [0.4, 0.5) is 13.2 Å². The number of nitrogens with zero attached hydrogens (tertiary/aromatic N) is 2. The van der Waals surface area contributed by atoms with E-state index in [1.54, 1.807) is 13.0 Å². The van der Waals surface area contributed by atoms with Crippen molar-refractivity contribution in [1.82, 2.24) is 9.80 Å². The molecule has 24 heavy (non-hydrogen) atoms. The molecule has 0 N–H and O–H groups in total. The van der Waals surface area contributed by atoms with E-state index >= 15 is 0 Å². The van der Waals surface area contributed by atoms with Gasteiger partial charge in [0.25, 0.3) is 0 Å². The predicted octanol–water partition coefficient (Wildman–Crippen LogP) is 3.01. The lowest BCUT2D eigenvalue weighted by molar-refractivity contribution is -0.145. The fraction of sp³-hybridized carbons (Fsp3) is 0.688. The first-order valence-corrected chi connectivity index (χ1v) is 7.93. The zero-order chi connectivity index (χ0) is 17.9. The molecule has 8 heteroatoms. The Labute approximate surface area is 139 Å². The van der Waals surface area contributed by atoms with E-state index in [1.807, 2.05) is 6.92 Å². The summed E-state index contributed by atoms with van der Waals surface area (Å²) in [5.74, 6) is 0.267. The van der Waals surface area contributed by atoms with Gasteiger partial charge in [0.05, 0.1) is 19.7 Å². The zero-order valence-corrected chi connectivity index (χ0v) is 14.2. The highest BCUT2D eigenvalue weighted by atomic mass is 19.4. The minimum atomic E-state index is -4.17. The molecule has 1 aliphatic rings. The average Bonchev–Trinajstić information content (AvgIpc) is 2.74. The standard InChI is InChI=1S/C16H23F3N2O3/c1-11-9-13(24-14(11)15(22)23-3)12(2)21-6-4-5-20(7-8-21)10-16(17,18)19/h9,12H,4-8,10H2,1-3H3/t12-/m0/s1. The molecule has 1 atom stereocenters. The summed E-state index contributed by atoms with van der Waals surface area (Å²) in [5, 5.41) is 0. The number of rotatable bonds is 4. The molecule has 1 saturated heterocycles. The Kier molecular flexibility index (Phi) is 5.92.